The zero-order valence-electron chi connectivity index (χ0n) is 14.1. The third kappa shape index (κ3) is 3.62. The number of hydrogen-bond acceptors (Lipinski definition) is 5. The number of ether oxygens (including phenoxy) is 3. The van der Waals surface area contributed by atoms with Crippen molar-refractivity contribution in [2.24, 2.45) is 0 Å². The van der Waals surface area contributed by atoms with E-state index in [4.69, 9.17) is 19.0 Å². The van der Waals surface area contributed by atoms with E-state index < -0.39 is 0 Å². The Morgan fingerprint density at radius 2 is 2.17 bits per heavy atom. The van der Waals surface area contributed by atoms with Gasteiger partial charge in [0.1, 0.15) is 5.60 Å². The van der Waals surface area contributed by atoms with Gasteiger partial charge in [-0.1, -0.05) is 6.92 Å². The molecule has 1 aromatic carbocycles. The van der Waals surface area contributed by atoms with Crippen LogP contribution >= 0.6 is 0 Å². The zero-order chi connectivity index (χ0) is 16.3. The summed E-state index contributed by atoms with van der Waals surface area (Å²) in [6.07, 6.45) is 4.04. The van der Waals surface area contributed by atoms with Gasteiger partial charge in [0.2, 0.25) is 0 Å². The summed E-state index contributed by atoms with van der Waals surface area (Å²) in [5.74, 6) is 1.54. The van der Waals surface area contributed by atoms with E-state index in [9.17, 15) is 0 Å². The SMILES string of the molecule is CCCOc1ccc(C2=CC3(CCOC3)ON2)cc1OC(C)C. The quantitative estimate of drug-likeness (QED) is 0.872. The van der Waals surface area contributed by atoms with Crippen LogP contribution in [0.2, 0.25) is 0 Å². The minimum Gasteiger partial charge on any atom is -0.490 e. The molecule has 2 aliphatic rings. The van der Waals surface area contributed by atoms with Crippen molar-refractivity contribution in [1.29, 1.82) is 0 Å². The standard InChI is InChI=1S/C18H25NO4/c1-4-8-21-16-6-5-14(10-17(16)22-13(2)3)15-11-18(23-19-15)7-9-20-12-18/h5-6,10-11,13,19H,4,7-9,12H2,1-3H3. The Labute approximate surface area is 137 Å². The van der Waals surface area contributed by atoms with Gasteiger partial charge in [0.25, 0.3) is 0 Å². The molecule has 5 heteroatoms. The molecule has 0 amide bonds. The molecule has 1 N–H and O–H groups in total. The molecule has 2 heterocycles. The van der Waals surface area contributed by atoms with Crippen LogP contribution in [0.1, 0.15) is 39.2 Å². The summed E-state index contributed by atoms with van der Waals surface area (Å²) in [4.78, 5) is 5.74. The second-order valence-corrected chi connectivity index (χ2v) is 6.31. The van der Waals surface area contributed by atoms with Crippen molar-refractivity contribution >= 4 is 5.70 Å². The Morgan fingerprint density at radius 3 is 2.87 bits per heavy atom. The molecule has 2 aliphatic heterocycles. The highest BCUT2D eigenvalue weighted by Gasteiger charge is 2.39. The number of hydroxylamine groups is 1. The van der Waals surface area contributed by atoms with Crippen LogP contribution in [-0.2, 0) is 9.57 Å². The largest absolute Gasteiger partial charge is 0.490 e. The minimum atomic E-state index is -0.328. The summed E-state index contributed by atoms with van der Waals surface area (Å²) in [6.45, 7) is 8.12. The van der Waals surface area contributed by atoms with Crippen molar-refractivity contribution in [2.45, 2.75) is 45.3 Å². The highest BCUT2D eigenvalue weighted by Crippen LogP contribution is 2.36. The van der Waals surface area contributed by atoms with Crippen LogP contribution in [-0.4, -0.2) is 31.5 Å². The highest BCUT2D eigenvalue weighted by atomic mass is 16.7. The number of nitrogens with one attached hydrogen (secondary N) is 1. The molecule has 1 aromatic rings. The summed E-state index contributed by atoms with van der Waals surface area (Å²) in [5, 5.41) is 0. The van der Waals surface area contributed by atoms with Gasteiger partial charge in [-0.05, 0) is 44.5 Å². The molecule has 1 fully saturated rings. The molecular formula is C18H25NO4. The first-order valence-electron chi connectivity index (χ1n) is 8.30. The van der Waals surface area contributed by atoms with Gasteiger partial charge in [-0.2, -0.15) is 0 Å². The molecule has 0 aliphatic carbocycles. The zero-order valence-corrected chi connectivity index (χ0v) is 14.1. The first-order chi connectivity index (χ1) is 11.1. The molecule has 0 saturated carbocycles. The molecule has 3 rings (SSSR count). The Morgan fingerprint density at radius 1 is 1.30 bits per heavy atom. The minimum absolute atomic E-state index is 0.0885. The van der Waals surface area contributed by atoms with E-state index in [1.54, 1.807) is 0 Å². The van der Waals surface area contributed by atoms with Gasteiger partial charge in [-0.25, -0.2) is 0 Å². The second-order valence-electron chi connectivity index (χ2n) is 6.31. The van der Waals surface area contributed by atoms with Crippen molar-refractivity contribution < 1.29 is 19.0 Å². The van der Waals surface area contributed by atoms with Crippen molar-refractivity contribution in [1.82, 2.24) is 5.48 Å². The lowest BCUT2D eigenvalue weighted by atomic mass is 10.0. The molecule has 0 aromatic heterocycles. The summed E-state index contributed by atoms with van der Waals surface area (Å²) >= 11 is 0. The number of benzene rings is 1. The van der Waals surface area contributed by atoms with Crippen LogP contribution in [0.5, 0.6) is 11.5 Å². The third-order valence-corrected chi connectivity index (χ3v) is 3.87. The van der Waals surface area contributed by atoms with E-state index in [1.807, 2.05) is 32.0 Å². The van der Waals surface area contributed by atoms with Crippen molar-refractivity contribution in [3.05, 3.63) is 29.8 Å². The van der Waals surface area contributed by atoms with E-state index in [2.05, 4.69) is 18.5 Å². The average Bonchev–Trinajstić information content (AvgIpc) is 3.16. The normalized spacial score (nSPS) is 23.2. The monoisotopic (exact) mass is 319 g/mol. The van der Waals surface area contributed by atoms with E-state index in [-0.39, 0.29) is 11.7 Å². The lowest BCUT2D eigenvalue weighted by molar-refractivity contribution is -0.0373. The van der Waals surface area contributed by atoms with Gasteiger partial charge in [0.05, 0.1) is 25.0 Å². The molecule has 5 nitrogen and oxygen atoms in total. The Hall–Kier alpha value is -1.72. The Bertz CT molecular complexity index is 576. The predicted molar refractivity (Wildman–Crippen MR) is 88.4 cm³/mol. The second kappa shape index (κ2) is 6.81. The predicted octanol–water partition coefficient (Wildman–Crippen LogP) is 3.30. The Kier molecular flexibility index (Phi) is 4.78. The van der Waals surface area contributed by atoms with Crippen LogP contribution in [0.4, 0.5) is 0 Å². The molecule has 0 bridgehead atoms. The molecule has 1 unspecified atom stereocenters. The van der Waals surface area contributed by atoms with Crippen LogP contribution in [0.15, 0.2) is 24.3 Å². The summed E-state index contributed by atoms with van der Waals surface area (Å²) in [5.41, 5.74) is 4.68. The highest BCUT2D eigenvalue weighted by molar-refractivity contribution is 5.68. The van der Waals surface area contributed by atoms with Crippen LogP contribution in [0.3, 0.4) is 0 Å². The van der Waals surface area contributed by atoms with E-state index in [0.29, 0.717) is 13.2 Å². The van der Waals surface area contributed by atoms with Gasteiger partial charge in [-0.15, -0.1) is 0 Å². The lowest BCUT2D eigenvalue weighted by Gasteiger charge is -2.16. The van der Waals surface area contributed by atoms with Crippen molar-refractivity contribution in [3.63, 3.8) is 0 Å². The Balaban J connectivity index is 1.85. The average molecular weight is 319 g/mol. The van der Waals surface area contributed by atoms with Crippen molar-refractivity contribution in [2.75, 3.05) is 19.8 Å². The van der Waals surface area contributed by atoms with Gasteiger partial charge in [0.15, 0.2) is 11.5 Å². The fraction of sp³-hybridized carbons (Fsp3) is 0.556. The van der Waals surface area contributed by atoms with Gasteiger partial charge >= 0.3 is 0 Å². The fourth-order valence-corrected chi connectivity index (χ4v) is 2.73. The van der Waals surface area contributed by atoms with Gasteiger partial charge < -0.3 is 14.2 Å². The van der Waals surface area contributed by atoms with E-state index in [1.165, 1.54) is 0 Å². The van der Waals surface area contributed by atoms with Crippen LogP contribution < -0.4 is 15.0 Å². The number of rotatable bonds is 6. The molecule has 23 heavy (non-hydrogen) atoms. The van der Waals surface area contributed by atoms with E-state index >= 15 is 0 Å². The van der Waals surface area contributed by atoms with E-state index in [0.717, 1.165) is 42.2 Å². The third-order valence-electron chi connectivity index (χ3n) is 3.87. The maximum Gasteiger partial charge on any atom is 0.162 e. The van der Waals surface area contributed by atoms with Gasteiger partial charge in [-0.3, -0.25) is 10.3 Å². The summed E-state index contributed by atoms with van der Waals surface area (Å²) < 4.78 is 17.1. The number of hydrogen-bond donors (Lipinski definition) is 1. The first kappa shape index (κ1) is 16.1. The first-order valence-corrected chi connectivity index (χ1v) is 8.30. The summed E-state index contributed by atoms with van der Waals surface area (Å²) in [6, 6.07) is 5.98. The maximum absolute atomic E-state index is 5.91. The molecule has 0 radical (unpaired) electrons. The molecule has 1 atom stereocenters. The topological polar surface area (TPSA) is 49.0 Å². The maximum atomic E-state index is 5.91. The smallest absolute Gasteiger partial charge is 0.162 e. The molecule has 1 spiro atoms. The molecule has 126 valence electrons. The lowest BCUT2D eigenvalue weighted by Crippen LogP contribution is -2.29. The van der Waals surface area contributed by atoms with Gasteiger partial charge in [0, 0.05) is 18.6 Å². The van der Waals surface area contributed by atoms with Crippen LogP contribution in [0.25, 0.3) is 5.70 Å². The van der Waals surface area contributed by atoms with Crippen molar-refractivity contribution in [3.8, 4) is 11.5 Å². The van der Waals surface area contributed by atoms with Crippen LogP contribution in [0, 0.1) is 0 Å². The fourth-order valence-electron chi connectivity index (χ4n) is 2.73. The molecular weight excluding hydrogens is 294 g/mol. The summed E-state index contributed by atoms with van der Waals surface area (Å²) in [7, 11) is 0. The molecule has 1 saturated heterocycles.